The van der Waals surface area contributed by atoms with E-state index in [4.69, 9.17) is 4.74 Å². The summed E-state index contributed by atoms with van der Waals surface area (Å²) in [5.74, 6) is -0.611. The number of imide groups is 1. The van der Waals surface area contributed by atoms with E-state index in [0.717, 1.165) is 25.7 Å². The number of amides is 2. The summed E-state index contributed by atoms with van der Waals surface area (Å²) in [6.45, 7) is 0.301. The molecule has 0 unspecified atom stereocenters. The third kappa shape index (κ3) is 3.21. The van der Waals surface area contributed by atoms with Crippen LogP contribution in [-0.4, -0.2) is 29.6 Å². The SMILES string of the molecule is O=C(OCC1CCCCC1)ON1C(=O)CCC1=O. The molecule has 1 heterocycles. The third-order valence-electron chi connectivity index (χ3n) is 3.33. The summed E-state index contributed by atoms with van der Waals surface area (Å²) >= 11 is 0. The zero-order valence-electron chi connectivity index (χ0n) is 10.2. The highest BCUT2D eigenvalue weighted by Gasteiger charge is 2.33. The van der Waals surface area contributed by atoms with Crippen LogP contribution in [0.25, 0.3) is 0 Å². The maximum atomic E-state index is 11.3. The van der Waals surface area contributed by atoms with Crippen LogP contribution in [0.15, 0.2) is 0 Å². The molecule has 2 aliphatic rings. The molecule has 2 rings (SSSR count). The number of carbonyl (C=O) groups is 3. The van der Waals surface area contributed by atoms with Crippen molar-refractivity contribution < 1.29 is 24.0 Å². The second kappa shape index (κ2) is 5.84. The summed E-state index contributed by atoms with van der Waals surface area (Å²) in [5.41, 5.74) is 0. The maximum absolute atomic E-state index is 11.3. The van der Waals surface area contributed by atoms with E-state index >= 15 is 0 Å². The lowest BCUT2D eigenvalue weighted by Crippen LogP contribution is -2.33. The van der Waals surface area contributed by atoms with Crippen molar-refractivity contribution >= 4 is 18.0 Å². The van der Waals surface area contributed by atoms with E-state index in [1.54, 1.807) is 0 Å². The van der Waals surface area contributed by atoms with Crippen molar-refractivity contribution in [1.82, 2.24) is 5.06 Å². The number of hydroxylamine groups is 2. The summed E-state index contributed by atoms with van der Waals surface area (Å²) in [5, 5.41) is 0.503. The first-order valence-corrected chi connectivity index (χ1v) is 6.37. The zero-order chi connectivity index (χ0) is 13.0. The monoisotopic (exact) mass is 255 g/mol. The average Bonchev–Trinajstić information content (AvgIpc) is 2.69. The van der Waals surface area contributed by atoms with Crippen molar-refractivity contribution in [3.63, 3.8) is 0 Å². The predicted molar refractivity (Wildman–Crippen MR) is 60.1 cm³/mol. The minimum atomic E-state index is -0.968. The molecule has 0 aromatic heterocycles. The standard InChI is InChI=1S/C12H17NO5/c14-10-6-7-11(15)13(10)18-12(16)17-8-9-4-2-1-3-5-9/h9H,1-8H2. The van der Waals surface area contributed by atoms with Gasteiger partial charge in [-0.15, -0.1) is 0 Å². The van der Waals surface area contributed by atoms with Gasteiger partial charge in [0.05, 0.1) is 6.61 Å². The quantitative estimate of drug-likeness (QED) is 0.567. The molecule has 2 amide bonds. The van der Waals surface area contributed by atoms with Gasteiger partial charge in [-0.2, -0.15) is 0 Å². The van der Waals surface area contributed by atoms with Gasteiger partial charge in [0.1, 0.15) is 0 Å². The molecule has 1 saturated heterocycles. The first-order chi connectivity index (χ1) is 8.66. The Hall–Kier alpha value is -1.59. The lowest BCUT2D eigenvalue weighted by molar-refractivity contribution is -0.177. The van der Waals surface area contributed by atoms with E-state index in [9.17, 15) is 14.4 Å². The van der Waals surface area contributed by atoms with Crippen LogP contribution < -0.4 is 0 Å². The van der Waals surface area contributed by atoms with Crippen LogP contribution in [-0.2, 0) is 19.2 Å². The number of nitrogens with zero attached hydrogens (tertiary/aromatic N) is 1. The molecule has 0 aromatic carbocycles. The first kappa shape index (κ1) is 12.9. The van der Waals surface area contributed by atoms with Gasteiger partial charge in [-0.3, -0.25) is 14.4 Å². The molecular weight excluding hydrogens is 238 g/mol. The number of rotatable bonds is 3. The van der Waals surface area contributed by atoms with Gasteiger partial charge in [0.2, 0.25) is 0 Å². The fourth-order valence-corrected chi connectivity index (χ4v) is 2.30. The fourth-order valence-electron chi connectivity index (χ4n) is 2.30. The van der Waals surface area contributed by atoms with Crippen molar-refractivity contribution in [1.29, 1.82) is 0 Å². The minimum absolute atomic E-state index is 0.0920. The van der Waals surface area contributed by atoms with Crippen LogP contribution in [0.4, 0.5) is 4.79 Å². The molecule has 6 heteroatoms. The number of hydrogen-bond donors (Lipinski definition) is 0. The van der Waals surface area contributed by atoms with Gasteiger partial charge < -0.3 is 4.74 Å². The molecule has 2 fully saturated rings. The van der Waals surface area contributed by atoms with Gasteiger partial charge in [-0.25, -0.2) is 4.79 Å². The molecule has 100 valence electrons. The second-order valence-electron chi connectivity index (χ2n) is 4.74. The third-order valence-corrected chi connectivity index (χ3v) is 3.33. The molecule has 6 nitrogen and oxygen atoms in total. The highest BCUT2D eigenvalue weighted by atomic mass is 16.8. The van der Waals surface area contributed by atoms with E-state index in [0.29, 0.717) is 17.6 Å². The van der Waals surface area contributed by atoms with E-state index in [1.165, 1.54) is 6.42 Å². The normalized spacial score (nSPS) is 21.2. The molecule has 0 atom stereocenters. The van der Waals surface area contributed by atoms with Gasteiger partial charge in [0.15, 0.2) is 0 Å². The van der Waals surface area contributed by atoms with Crippen LogP contribution in [0.5, 0.6) is 0 Å². The minimum Gasteiger partial charge on any atom is -0.432 e. The number of hydrogen-bond acceptors (Lipinski definition) is 5. The van der Waals surface area contributed by atoms with Crippen LogP contribution in [0.2, 0.25) is 0 Å². The Labute approximate surface area is 105 Å². The highest BCUT2D eigenvalue weighted by Crippen LogP contribution is 2.23. The van der Waals surface area contributed by atoms with Gasteiger partial charge >= 0.3 is 6.16 Å². The molecule has 0 aromatic rings. The second-order valence-corrected chi connectivity index (χ2v) is 4.74. The highest BCUT2D eigenvalue weighted by molar-refractivity contribution is 6.01. The van der Waals surface area contributed by atoms with Crippen LogP contribution in [0.1, 0.15) is 44.9 Å². The van der Waals surface area contributed by atoms with E-state index in [-0.39, 0.29) is 12.8 Å². The molecule has 0 radical (unpaired) electrons. The Morgan fingerprint density at radius 3 is 2.33 bits per heavy atom. The Morgan fingerprint density at radius 2 is 1.72 bits per heavy atom. The van der Waals surface area contributed by atoms with Crippen molar-refractivity contribution in [2.24, 2.45) is 5.92 Å². The van der Waals surface area contributed by atoms with Crippen molar-refractivity contribution in [3.8, 4) is 0 Å². The van der Waals surface area contributed by atoms with Crippen molar-refractivity contribution in [2.45, 2.75) is 44.9 Å². The largest absolute Gasteiger partial charge is 0.533 e. The van der Waals surface area contributed by atoms with Gasteiger partial charge in [0, 0.05) is 12.8 Å². The van der Waals surface area contributed by atoms with Crippen molar-refractivity contribution in [3.05, 3.63) is 0 Å². The van der Waals surface area contributed by atoms with Gasteiger partial charge in [-0.1, -0.05) is 24.3 Å². The Kier molecular flexibility index (Phi) is 4.17. The van der Waals surface area contributed by atoms with E-state index < -0.39 is 18.0 Å². The molecule has 0 N–H and O–H groups in total. The Balaban J connectivity index is 1.71. The number of carbonyl (C=O) groups excluding carboxylic acids is 3. The smallest absolute Gasteiger partial charge is 0.432 e. The molecule has 1 aliphatic heterocycles. The lowest BCUT2D eigenvalue weighted by atomic mass is 9.90. The lowest BCUT2D eigenvalue weighted by Gasteiger charge is -2.21. The molecule has 0 bridgehead atoms. The summed E-state index contributed by atoms with van der Waals surface area (Å²) in [7, 11) is 0. The Morgan fingerprint density at radius 1 is 1.11 bits per heavy atom. The summed E-state index contributed by atoms with van der Waals surface area (Å²) in [6.07, 6.45) is 4.87. The molecule has 18 heavy (non-hydrogen) atoms. The average molecular weight is 255 g/mol. The van der Waals surface area contributed by atoms with Crippen LogP contribution in [0, 0.1) is 5.92 Å². The van der Waals surface area contributed by atoms with Crippen molar-refractivity contribution in [2.75, 3.05) is 6.61 Å². The van der Waals surface area contributed by atoms with Crippen LogP contribution >= 0.6 is 0 Å². The first-order valence-electron chi connectivity index (χ1n) is 6.37. The fraction of sp³-hybridized carbons (Fsp3) is 0.750. The number of ether oxygens (including phenoxy) is 1. The summed E-state index contributed by atoms with van der Waals surface area (Å²) in [6, 6.07) is 0. The maximum Gasteiger partial charge on any atom is 0.533 e. The predicted octanol–water partition coefficient (Wildman–Crippen LogP) is 1.78. The molecule has 1 saturated carbocycles. The van der Waals surface area contributed by atoms with E-state index in [1.807, 2.05) is 0 Å². The molecule has 0 spiro atoms. The van der Waals surface area contributed by atoms with Gasteiger partial charge in [-0.05, 0) is 18.8 Å². The molecular formula is C12H17NO5. The molecule has 1 aliphatic carbocycles. The van der Waals surface area contributed by atoms with E-state index in [2.05, 4.69) is 4.84 Å². The summed E-state index contributed by atoms with van der Waals surface area (Å²) in [4.78, 5) is 38.3. The summed E-state index contributed by atoms with van der Waals surface area (Å²) < 4.78 is 4.93. The Bertz CT molecular complexity index is 332. The zero-order valence-corrected chi connectivity index (χ0v) is 10.2. The van der Waals surface area contributed by atoms with Gasteiger partial charge in [0.25, 0.3) is 11.8 Å². The van der Waals surface area contributed by atoms with Crippen LogP contribution in [0.3, 0.4) is 0 Å². The topological polar surface area (TPSA) is 72.9 Å².